The molecule has 0 fully saturated rings. The highest BCUT2D eigenvalue weighted by atomic mass is 16.1. The minimum Gasteiger partial charge on any atom is -0.397 e. The maximum Gasteiger partial charge on any atom is 0.286 e. The van der Waals surface area contributed by atoms with E-state index in [9.17, 15) is 4.79 Å². The maximum atomic E-state index is 11.6. The Kier molecular flexibility index (Phi) is 5.00. The van der Waals surface area contributed by atoms with Crippen LogP contribution in [0.25, 0.3) is 0 Å². The predicted molar refractivity (Wildman–Crippen MR) is 81.0 cm³/mol. The van der Waals surface area contributed by atoms with E-state index < -0.39 is 0 Å². The van der Waals surface area contributed by atoms with Gasteiger partial charge in [-0.05, 0) is 12.1 Å². The van der Waals surface area contributed by atoms with Crippen molar-refractivity contribution in [2.75, 3.05) is 30.7 Å². The van der Waals surface area contributed by atoms with Gasteiger partial charge in [0.25, 0.3) is 6.34 Å². The van der Waals surface area contributed by atoms with Crippen LogP contribution in [0.15, 0.2) is 36.7 Å². The lowest BCUT2D eigenvalue weighted by Gasteiger charge is -2.10. The van der Waals surface area contributed by atoms with E-state index in [0.717, 1.165) is 5.69 Å². The first-order valence-electron chi connectivity index (χ1n) is 6.56. The van der Waals surface area contributed by atoms with Gasteiger partial charge < -0.3 is 16.4 Å². The molecule has 1 aliphatic heterocycles. The number of hydrogen-bond donors (Lipinski definition) is 3. The van der Waals surface area contributed by atoms with Gasteiger partial charge >= 0.3 is 0 Å². The molecule has 0 saturated carbocycles. The number of aliphatic imine (C=N–C) groups is 1. The first kappa shape index (κ1) is 13.9. The number of benzene rings is 1. The predicted octanol–water partition coefficient (Wildman–Crippen LogP) is 0.338. The molecule has 105 valence electrons. The number of para-hydroxylation sites is 2. The number of carbonyl (C=O) groups excluding carboxylic acids is 1. The van der Waals surface area contributed by atoms with Crippen molar-refractivity contribution in [3.05, 3.63) is 36.7 Å². The molecule has 0 bridgehead atoms. The third-order valence-electron chi connectivity index (χ3n) is 2.88. The summed E-state index contributed by atoms with van der Waals surface area (Å²) in [4.78, 5) is 17.4. The van der Waals surface area contributed by atoms with Crippen LogP contribution in [0.4, 0.5) is 11.4 Å². The lowest BCUT2D eigenvalue weighted by Crippen LogP contribution is -2.31. The molecule has 0 aliphatic carbocycles. The van der Waals surface area contributed by atoms with Gasteiger partial charge in [-0.15, -0.1) is 0 Å². The van der Waals surface area contributed by atoms with E-state index in [0.29, 0.717) is 31.7 Å². The molecule has 4 N–H and O–H groups in total. The molecule has 2 rings (SSSR count). The van der Waals surface area contributed by atoms with E-state index in [1.807, 2.05) is 35.4 Å². The van der Waals surface area contributed by atoms with Crippen LogP contribution in [0, 0.1) is 0 Å². The van der Waals surface area contributed by atoms with Crippen molar-refractivity contribution in [1.29, 1.82) is 0 Å². The highest BCUT2D eigenvalue weighted by molar-refractivity contribution is 5.76. The SMILES string of the molecule is Nc1ccccc1NCCNC(=O)CCN1C=C[N+]=C1. The van der Waals surface area contributed by atoms with Crippen LogP contribution < -0.4 is 21.4 Å². The lowest BCUT2D eigenvalue weighted by atomic mass is 10.3. The molecule has 1 aromatic carbocycles. The Morgan fingerprint density at radius 3 is 2.90 bits per heavy atom. The summed E-state index contributed by atoms with van der Waals surface area (Å²) in [6, 6.07) is 7.56. The summed E-state index contributed by atoms with van der Waals surface area (Å²) in [6.45, 7) is 1.85. The largest absolute Gasteiger partial charge is 0.397 e. The molecule has 0 spiro atoms. The Morgan fingerprint density at radius 2 is 2.15 bits per heavy atom. The minimum absolute atomic E-state index is 0.0292. The Hall–Kier alpha value is -2.50. The maximum absolute atomic E-state index is 11.6. The molecule has 6 heteroatoms. The highest BCUT2D eigenvalue weighted by Gasteiger charge is 2.11. The third-order valence-corrected chi connectivity index (χ3v) is 2.88. The lowest BCUT2D eigenvalue weighted by molar-refractivity contribution is -0.121. The van der Waals surface area contributed by atoms with Crippen molar-refractivity contribution in [1.82, 2.24) is 15.2 Å². The number of nitrogen functional groups attached to an aromatic ring is 1. The number of nitrogens with two attached hydrogens (primary N) is 1. The highest BCUT2D eigenvalue weighted by Crippen LogP contribution is 2.15. The zero-order valence-corrected chi connectivity index (χ0v) is 11.2. The number of rotatable bonds is 7. The molecular weight excluding hydrogens is 254 g/mol. The van der Waals surface area contributed by atoms with Crippen LogP contribution in [0.2, 0.25) is 0 Å². The van der Waals surface area contributed by atoms with Crippen molar-refractivity contribution in [2.45, 2.75) is 6.42 Å². The summed E-state index contributed by atoms with van der Waals surface area (Å²) in [5, 5.41) is 6.04. The molecular formula is C14H19N5O+. The van der Waals surface area contributed by atoms with Gasteiger partial charge in [-0.1, -0.05) is 17.1 Å². The zero-order chi connectivity index (χ0) is 14.2. The number of carbonyl (C=O) groups is 1. The normalized spacial score (nSPS) is 12.7. The molecule has 0 aromatic heterocycles. The van der Waals surface area contributed by atoms with Gasteiger partial charge in [0.15, 0.2) is 6.20 Å². The van der Waals surface area contributed by atoms with Crippen LogP contribution in [0.5, 0.6) is 0 Å². The monoisotopic (exact) mass is 273 g/mol. The van der Waals surface area contributed by atoms with E-state index in [-0.39, 0.29) is 5.91 Å². The van der Waals surface area contributed by atoms with Gasteiger partial charge in [0.2, 0.25) is 5.91 Å². The van der Waals surface area contributed by atoms with E-state index in [1.54, 1.807) is 12.5 Å². The van der Waals surface area contributed by atoms with Crippen LogP contribution in [-0.4, -0.2) is 36.8 Å². The third kappa shape index (κ3) is 4.31. The summed E-state index contributed by atoms with van der Waals surface area (Å²) in [6.07, 6.45) is 5.69. The quantitative estimate of drug-likeness (QED) is 0.494. The molecule has 0 unspecified atom stereocenters. The molecule has 1 aromatic rings. The molecule has 0 atom stereocenters. The van der Waals surface area contributed by atoms with Gasteiger partial charge in [-0.2, -0.15) is 0 Å². The fraction of sp³-hybridized carbons (Fsp3) is 0.286. The molecule has 1 heterocycles. The van der Waals surface area contributed by atoms with E-state index in [1.165, 1.54) is 0 Å². The molecule has 1 aliphatic rings. The fourth-order valence-electron chi connectivity index (χ4n) is 1.80. The summed E-state index contributed by atoms with van der Waals surface area (Å²) >= 11 is 0. The van der Waals surface area contributed by atoms with Crippen molar-refractivity contribution < 1.29 is 4.79 Å². The summed E-state index contributed by atoms with van der Waals surface area (Å²) in [7, 11) is 0. The first-order chi connectivity index (χ1) is 9.75. The Labute approximate surface area is 118 Å². The molecule has 1 radical (unpaired) electrons. The summed E-state index contributed by atoms with van der Waals surface area (Å²) in [5.41, 5.74) is 7.40. The Morgan fingerprint density at radius 1 is 1.30 bits per heavy atom. The van der Waals surface area contributed by atoms with Crippen LogP contribution in [-0.2, 0) is 4.79 Å². The number of hydrogen-bond acceptors (Lipinski definition) is 5. The average Bonchev–Trinajstić information content (AvgIpc) is 2.96. The Balaban J connectivity index is 1.58. The topological polar surface area (TPSA) is 84.5 Å². The van der Waals surface area contributed by atoms with Crippen molar-refractivity contribution in [3.8, 4) is 0 Å². The summed E-state index contributed by atoms with van der Waals surface area (Å²) in [5.74, 6) is 0.0292. The molecule has 1 amide bonds. The number of amides is 1. The van der Waals surface area contributed by atoms with Crippen molar-refractivity contribution >= 4 is 23.6 Å². The second-order valence-electron chi connectivity index (χ2n) is 4.41. The van der Waals surface area contributed by atoms with E-state index >= 15 is 0 Å². The smallest absolute Gasteiger partial charge is 0.286 e. The average molecular weight is 273 g/mol. The second kappa shape index (κ2) is 7.18. The van der Waals surface area contributed by atoms with Gasteiger partial charge in [0, 0.05) is 13.1 Å². The van der Waals surface area contributed by atoms with Gasteiger partial charge in [0.05, 0.1) is 24.3 Å². The van der Waals surface area contributed by atoms with Gasteiger partial charge in [-0.3, -0.25) is 4.79 Å². The molecule has 20 heavy (non-hydrogen) atoms. The Bertz CT molecular complexity index is 500. The van der Waals surface area contributed by atoms with Crippen LogP contribution >= 0.6 is 0 Å². The van der Waals surface area contributed by atoms with E-state index in [2.05, 4.69) is 15.6 Å². The van der Waals surface area contributed by atoms with Crippen molar-refractivity contribution in [2.24, 2.45) is 0 Å². The molecule has 0 saturated heterocycles. The van der Waals surface area contributed by atoms with Crippen LogP contribution in [0.3, 0.4) is 0 Å². The number of nitrogens with zero attached hydrogens (tertiary/aromatic N) is 2. The van der Waals surface area contributed by atoms with E-state index in [4.69, 9.17) is 5.73 Å². The minimum atomic E-state index is 0.0292. The van der Waals surface area contributed by atoms with Crippen LogP contribution in [0.1, 0.15) is 6.42 Å². The second-order valence-corrected chi connectivity index (χ2v) is 4.41. The summed E-state index contributed by atoms with van der Waals surface area (Å²) < 4.78 is 0. The number of anilines is 2. The first-order valence-corrected chi connectivity index (χ1v) is 6.56. The molecule has 6 nitrogen and oxygen atoms in total. The van der Waals surface area contributed by atoms with Gasteiger partial charge in [0.1, 0.15) is 6.20 Å². The zero-order valence-electron chi connectivity index (χ0n) is 11.2. The number of nitrogens with one attached hydrogen (secondary N) is 2. The standard InChI is InChI=1S/C14H19N5O/c15-12-3-1-2-4-13(12)17-6-7-18-14(20)5-9-19-10-8-16-11-19/h1-4,8,10-11,17H,5-7,9,15H2,(H,18,20)/q+1. The van der Waals surface area contributed by atoms with Gasteiger partial charge in [-0.25, -0.2) is 4.90 Å². The van der Waals surface area contributed by atoms with Crippen molar-refractivity contribution in [3.63, 3.8) is 0 Å². The fourth-order valence-corrected chi connectivity index (χ4v) is 1.80.